The lowest BCUT2D eigenvalue weighted by Gasteiger charge is -1.99. The molecule has 3 rings (SSSR count). The van der Waals surface area contributed by atoms with Crippen molar-refractivity contribution in [2.75, 3.05) is 5.32 Å². The highest BCUT2D eigenvalue weighted by atomic mass is 79.9. The first-order valence-corrected chi connectivity index (χ1v) is 7.90. The van der Waals surface area contributed by atoms with Crippen LogP contribution < -0.4 is 5.32 Å². The summed E-state index contributed by atoms with van der Waals surface area (Å²) in [5, 5.41) is 10.9. The van der Waals surface area contributed by atoms with Crippen molar-refractivity contribution in [2.45, 2.75) is 9.37 Å². The Morgan fingerprint density at radius 1 is 1.16 bits per heavy atom. The monoisotopic (exact) mass is 352 g/mol. The minimum atomic E-state index is 0.643. The summed E-state index contributed by atoms with van der Waals surface area (Å²) in [6.45, 7) is 0. The lowest BCUT2D eigenvalue weighted by atomic mass is 10.3. The lowest BCUT2D eigenvalue weighted by molar-refractivity contribution is 0.975. The van der Waals surface area contributed by atoms with Crippen LogP contribution in [-0.4, -0.2) is 15.2 Å². The second kappa shape index (κ2) is 5.77. The quantitative estimate of drug-likeness (QED) is 0.724. The van der Waals surface area contributed by atoms with Crippen molar-refractivity contribution in [3.05, 3.63) is 46.3 Å². The molecule has 0 saturated carbocycles. The summed E-state index contributed by atoms with van der Waals surface area (Å²) in [6, 6.07) is 13.9. The molecule has 0 fully saturated rings. The number of anilines is 2. The van der Waals surface area contributed by atoms with Gasteiger partial charge in [0, 0.05) is 5.69 Å². The molecule has 7 heteroatoms. The number of hydrogen-bond acceptors (Lipinski definition) is 5. The summed E-state index contributed by atoms with van der Waals surface area (Å²) < 4.78 is 2.25. The lowest BCUT2D eigenvalue weighted by Crippen LogP contribution is -1.91. The maximum Gasteiger partial charge on any atom is 0.223 e. The molecular formula is C12H9BrN4S2. The van der Waals surface area contributed by atoms with Gasteiger partial charge in [-0.15, -0.1) is 16.4 Å². The van der Waals surface area contributed by atoms with E-state index < -0.39 is 0 Å². The van der Waals surface area contributed by atoms with Gasteiger partial charge in [0.05, 0.1) is 8.00 Å². The molecule has 0 unspecified atom stereocenters. The fraction of sp³-hybridized carbons (Fsp3) is 0. The summed E-state index contributed by atoms with van der Waals surface area (Å²) in [5.41, 5.74) is 0.981. The third-order valence-corrected chi connectivity index (χ3v) is 4.86. The maximum atomic E-state index is 4.39. The number of halogens is 1. The van der Waals surface area contributed by atoms with E-state index >= 15 is 0 Å². The fourth-order valence-corrected chi connectivity index (χ4v) is 4.09. The van der Waals surface area contributed by atoms with Crippen LogP contribution in [-0.2, 0) is 0 Å². The number of benzene rings is 1. The zero-order valence-corrected chi connectivity index (χ0v) is 12.8. The van der Waals surface area contributed by atoms with Crippen molar-refractivity contribution in [1.82, 2.24) is 15.2 Å². The second-order valence-electron chi connectivity index (χ2n) is 3.62. The van der Waals surface area contributed by atoms with Crippen molar-refractivity contribution in [2.24, 2.45) is 0 Å². The topological polar surface area (TPSA) is 53.6 Å². The predicted molar refractivity (Wildman–Crippen MR) is 82.2 cm³/mol. The number of hydrogen-bond donors (Lipinski definition) is 2. The van der Waals surface area contributed by atoms with Crippen LogP contribution in [0.25, 0.3) is 0 Å². The van der Waals surface area contributed by atoms with Crippen molar-refractivity contribution >= 4 is 50.7 Å². The average molecular weight is 353 g/mol. The molecule has 0 aliphatic carbocycles. The highest BCUT2D eigenvalue weighted by Gasteiger charge is 2.07. The number of aromatic amines is 1. The van der Waals surface area contributed by atoms with Crippen molar-refractivity contribution < 1.29 is 0 Å². The van der Waals surface area contributed by atoms with Gasteiger partial charge in [0.2, 0.25) is 11.1 Å². The van der Waals surface area contributed by atoms with Crippen LogP contribution in [0.3, 0.4) is 0 Å². The first-order chi connectivity index (χ1) is 9.29. The van der Waals surface area contributed by atoms with E-state index in [0.29, 0.717) is 11.1 Å². The Kier molecular flexibility index (Phi) is 3.86. The molecule has 4 nitrogen and oxygen atoms in total. The maximum absolute atomic E-state index is 4.39. The minimum absolute atomic E-state index is 0.643. The van der Waals surface area contributed by atoms with E-state index in [4.69, 9.17) is 0 Å². The first-order valence-electron chi connectivity index (χ1n) is 5.47. The first kappa shape index (κ1) is 12.7. The van der Waals surface area contributed by atoms with Crippen LogP contribution >= 0.6 is 39.0 Å². The number of nitrogens with zero attached hydrogens (tertiary/aromatic N) is 2. The number of thiophene rings is 1. The predicted octanol–water partition coefficient (Wildman–Crippen LogP) is 4.52. The second-order valence-corrected chi connectivity index (χ2v) is 7.35. The molecular weight excluding hydrogens is 344 g/mol. The molecule has 2 aromatic heterocycles. The van der Waals surface area contributed by atoms with Gasteiger partial charge in [0.1, 0.15) is 0 Å². The summed E-state index contributed by atoms with van der Waals surface area (Å²) in [6.07, 6.45) is 0. The Hall–Kier alpha value is -1.31. The van der Waals surface area contributed by atoms with Gasteiger partial charge >= 0.3 is 0 Å². The molecule has 0 amide bonds. The van der Waals surface area contributed by atoms with E-state index in [1.165, 1.54) is 11.8 Å². The van der Waals surface area contributed by atoms with E-state index in [-0.39, 0.29) is 0 Å². The van der Waals surface area contributed by atoms with Crippen molar-refractivity contribution in [1.29, 1.82) is 0 Å². The molecule has 0 spiro atoms. The van der Waals surface area contributed by atoms with Crippen LogP contribution in [0.5, 0.6) is 0 Å². The molecule has 2 heterocycles. The third-order valence-electron chi connectivity index (χ3n) is 2.24. The largest absolute Gasteiger partial charge is 0.325 e. The molecule has 96 valence electrons. The fourth-order valence-electron chi connectivity index (χ4n) is 1.45. The van der Waals surface area contributed by atoms with Gasteiger partial charge in [-0.3, -0.25) is 0 Å². The van der Waals surface area contributed by atoms with Crippen LogP contribution in [0.4, 0.5) is 11.6 Å². The van der Waals surface area contributed by atoms with E-state index in [0.717, 1.165) is 13.7 Å². The van der Waals surface area contributed by atoms with Gasteiger partial charge < -0.3 is 5.32 Å². The van der Waals surface area contributed by atoms with Crippen LogP contribution in [0.1, 0.15) is 0 Å². The van der Waals surface area contributed by atoms with E-state index in [9.17, 15) is 0 Å². The number of aromatic nitrogens is 3. The van der Waals surface area contributed by atoms with Gasteiger partial charge in [0.15, 0.2) is 0 Å². The number of rotatable bonds is 4. The Morgan fingerprint density at radius 2 is 2.00 bits per heavy atom. The number of H-pyrrole nitrogens is 1. The Bertz CT molecular complexity index is 665. The molecule has 0 saturated heterocycles. The molecule has 0 radical (unpaired) electrons. The van der Waals surface area contributed by atoms with E-state index in [2.05, 4.69) is 36.4 Å². The van der Waals surface area contributed by atoms with Gasteiger partial charge in [0.25, 0.3) is 0 Å². The Labute approximate surface area is 126 Å². The number of para-hydroxylation sites is 1. The standard InChI is InChI=1S/C12H9BrN4S2/c13-9-6-7-10(18-9)19-12-15-11(16-17-12)14-8-4-2-1-3-5-8/h1-7H,(H2,14,15,16,17). The van der Waals surface area contributed by atoms with E-state index in [1.54, 1.807) is 11.3 Å². The SMILES string of the molecule is Brc1ccc(Sc2n[nH]c(Nc3ccccc3)n2)s1. The minimum Gasteiger partial charge on any atom is -0.325 e. The molecule has 0 bridgehead atoms. The zero-order valence-electron chi connectivity index (χ0n) is 9.63. The van der Waals surface area contributed by atoms with E-state index in [1.807, 2.05) is 42.5 Å². The highest BCUT2D eigenvalue weighted by Crippen LogP contribution is 2.34. The molecule has 0 aliphatic heterocycles. The van der Waals surface area contributed by atoms with Gasteiger partial charge in [-0.1, -0.05) is 18.2 Å². The van der Waals surface area contributed by atoms with Crippen molar-refractivity contribution in [3.63, 3.8) is 0 Å². The molecule has 0 atom stereocenters. The van der Waals surface area contributed by atoms with Crippen LogP contribution in [0.2, 0.25) is 0 Å². The third kappa shape index (κ3) is 3.37. The van der Waals surface area contributed by atoms with Crippen molar-refractivity contribution in [3.8, 4) is 0 Å². The van der Waals surface area contributed by atoms with Gasteiger partial charge in [-0.2, -0.15) is 4.98 Å². The summed E-state index contributed by atoms with van der Waals surface area (Å²) in [5.74, 6) is 0.643. The molecule has 1 aromatic carbocycles. The normalized spacial score (nSPS) is 10.6. The molecule has 0 aliphatic rings. The van der Waals surface area contributed by atoms with Crippen LogP contribution in [0, 0.1) is 0 Å². The van der Waals surface area contributed by atoms with Gasteiger partial charge in [-0.05, 0) is 52.0 Å². The van der Waals surface area contributed by atoms with Crippen LogP contribution in [0.15, 0.2) is 55.6 Å². The zero-order chi connectivity index (χ0) is 13.1. The summed E-state index contributed by atoms with van der Waals surface area (Å²) >= 11 is 6.64. The Balaban J connectivity index is 1.69. The highest BCUT2D eigenvalue weighted by molar-refractivity contribution is 9.11. The van der Waals surface area contributed by atoms with Gasteiger partial charge in [-0.25, -0.2) is 5.10 Å². The average Bonchev–Trinajstić information content (AvgIpc) is 3.01. The summed E-state index contributed by atoms with van der Waals surface area (Å²) in [4.78, 5) is 4.39. The molecule has 19 heavy (non-hydrogen) atoms. The molecule has 2 N–H and O–H groups in total. The Morgan fingerprint density at radius 3 is 2.74 bits per heavy atom. The molecule has 3 aromatic rings. The number of nitrogens with one attached hydrogen (secondary N) is 2. The summed E-state index contributed by atoms with van der Waals surface area (Å²) in [7, 11) is 0. The smallest absolute Gasteiger partial charge is 0.223 e.